The Morgan fingerprint density at radius 2 is 1.67 bits per heavy atom. The summed E-state index contributed by atoms with van der Waals surface area (Å²) in [5.41, 5.74) is 1.53. The van der Waals surface area contributed by atoms with Crippen molar-refractivity contribution in [3.8, 4) is 0 Å². The van der Waals surface area contributed by atoms with E-state index >= 15 is 0 Å². The molecule has 2 rings (SSSR count). The van der Waals surface area contributed by atoms with Crippen LogP contribution in [0.3, 0.4) is 0 Å². The van der Waals surface area contributed by atoms with Gasteiger partial charge in [0, 0.05) is 5.69 Å². The smallest absolute Gasteiger partial charge is 0.243 e. The van der Waals surface area contributed by atoms with Gasteiger partial charge in [0.1, 0.15) is 0 Å². The normalized spacial score (nSPS) is 9.83. The molecule has 2 aromatic carbocycles. The highest BCUT2D eigenvalue weighted by Gasteiger charge is 2.03. The second-order valence-corrected chi connectivity index (χ2v) is 4.15. The molecule has 0 radical (unpaired) electrons. The zero-order valence-electron chi connectivity index (χ0n) is 9.69. The summed E-state index contributed by atoms with van der Waals surface area (Å²) >= 11 is 5.97. The van der Waals surface area contributed by atoms with Crippen LogP contribution in [0.5, 0.6) is 0 Å². The van der Waals surface area contributed by atoms with E-state index in [-0.39, 0.29) is 12.5 Å². The summed E-state index contributed by atoms with van der Waals surface area (Å²) in [5.74, 6) is -0.110. The molecule has 92 valence electrons. The number of carbonyl (C=O) groups is 1. The number of anilines is 2. The van der Waals surface area contributed by atoms with Crippen LogP contribution >= 0.6 is 11.6 Å². The Bertz CT molecular complexity index is 528. The van der Waals surface area contributed by atoms with E-state index in [0.717, 1.165) is 11.4 Å². The van der Waals surface area contributed by atoms with Crippen molar-refractivity contribution in [3.05, 3.63) is 59.6 Å². The lowest BCUT2D eigenvalue weighted by molar-refractivity contribution is -0.114. The van der Waals surface area contributed by atoms with Gasteiger partial charge in [0.25, 0.3) is 0 Å². The summed E-state index contributed by atoms with van der Waals surface area (Å²) in [6.07, 6.45) is 0. The van der Waals surface area contributed by atoms with E-state index in [1.54, 1.807) is 6.07 Å². The van der Waals surface area contributed by atoms with Crippen LogP contribution in [0.25, 0.3) is 0 Å². The van der Waals surface area contributed by atoms with Crippen molar-refractivity contribution >= 4 is 28.9 Å². The van der Waals surface area contributed by atoms with Crippen LogP contribution in [-0.4, -0.2) is 12.5 Å². The van der Waals surface area contributed by atoms with Gasteiger partial charge in [0.15, 0.2) is 0 Å². The minimum atomic E-state index is -0.110. The molecular formula is C14H13ClN2O. The van der Waals surface area contributed by atoms with Gasteiger partial charge in [-0.3, -0.25) is 4.79 Å². The lowest BCUT2D eigenvalue weighted by Crippen LogP contribution is -2.21. The van der Waals surface area contributed by atoms with Crippen LogP contribution in [0.2, 0.25) is 5.02 Å². The van der Waals surface area contributed by atoms with E-state index in [1.807, 2.05) is 48.5 Å². The van der Waals surface area contributed by atoms with E-state index in [2.05, 4.69) is 10.6 Å². The van der Waals surface area contributed by atoms with Gasteiger partial charge in [-0.15, -0.1) is 0 Å². The van der Waals surface area contributed by atoms with E-state index < -0.39 is 0 Å². The lowest BCUT2D eigenvalue weighted by atomic mass is 10.3. The third kappa shape index (κ3) is 3.50. The molecular weight excluding hydrogens is 248 g/mol. The zero-order valence-corrected chi connectivity index (χ0v) is 10.4. The molecule has 0 unspecified atom stereocenters. The molecule has 3 nitrogen and oxygen atoms in total. The van der Waals surface area contributed by atoms with Crippen molar-refractivity contribution in [2.24, 2.45) is 0 Å². The predicted molar refractivity (Wildman–Crippen MR) is 75.0 cm³/mol. The molecule has 0 aliphatic rings. The Balaban J connectivity index is 1.88. The quantitative estimate of drug-likeness (QED) is 0.885. The molecule has 0 atom stereocenters. The van der Waals surface area contributed by atoms with Crippen molar-refractivity contribution in [2.75, 3.05) is 17.2 Å². The van der Waals surface area contributed by atoms with E-state index in [4.69, 9.17) is 11.6 Å². The summed E-state index contributed by atoms with van der Waals surface area (Å²) in [7, 11) is 0. The summed E-state index contributed by atoms with van der Waals surface area (Å²) in [6, 6.07) is 16.6. The molecule has 0 saturated carbocycles. The Hall–Kier alpha value is -2.00. The predicted octanol–water partition coefficient (Wildman–Crippen LogP) is 3.39. The molecule has 0 aromatic heterocycles. The van der Waals surface area contributed by atoms with Crippen LogP contribution in [-0.2, 0) is 4.79 Å². The monoisotopic (exact) mass is 260 g/mol. The molecule has 0 fully saturated rings. The van der Waals surface area contributed by atoms with Gasteiger partial charge < -0.3 is 10.6 Å². The Kier molecular flexibility index (Phi) is 4.20. The van der Waals surface area contributed by atoms with Gasteiger partial charge in [0.05, 0.1) is 17.3 Å². The third-order valence-corrected chi connectivity index (χ3v) is 2.70. The Morgan fingerprint density at radius 1 is 1.00 bits per heavy atom. The number of halogens is 1. The van der Waals surface area contributed by atoms with Crippen LogP contribution in [0.4, 0.5) is 11.4 Å². The van der Waals surface area contributed by atoms with Gasteiger partial charge in [-0.25, -0.2) is 0 Å². The van der Waals surface area contributed by atoms with E-state index in [1.165, 1.54) is 0 Å². The molecule has 0 saturated heterocycles. The standard InChI is InChI=1S/C14H13ClN2O/c15-12-8-4-5-9-13(12)16-10-14(18)17-11-6-2-1-3-7-11/h1-9,16H,10H2,(H,17,18). The number of benzene rings is 2. The third-order valence-electron chi connectivity index (χ3n) is 2.37. The molecule has 0 aliphatic heterocycles. The van der Waals surface area contributed by atoms with Gasteiger partial charge in [-0.05, 0) is 24.3 Å². The number of hydrogen-bond acceptors (Lipinski definition) is 2. The van der Waals surface area contributed by atoms with Crippen molar-refractivity contribution in [1.29, 1.82) is 0 Å². The maximum absolute atomic E-state index is 11.7. The number of nitrogens with one attached hydrogen (secondary N) is 2. The maximum atomic E-state index is 11.7. The van der Waals surface area contributed by atoms with Crippen LogP contribution in [0.15, 0.2) is 54.6 Å². The first-order valence-electron chi connectivity index (χ1n) is 5.59. The van der Waals surface area contributed by atoms with Crippen molar-refractivity contribution in [3.63, 3.8) is 0 Å². The second-order valence-electron chi connectivity index (χ2n) is 3.75. The molecule has 2 N–H and O–H groups in total. The fourth-order valence-corrected chi connectivity index (χ4v) is 1.71. The Morgan fingerprint density at radius 3 is 2.39 bits per heavy atom. The molecule has 2 aromatic rings. The van der Waals surface area contributed by atoms with E-state index in [9.17, 15) is 4.79 Å². The minimum Gasteiger partial charge on any atom is -0.375 e. The van der Waals surface area contributed by atoms with Gasteiger partial charge in [0.2, 0.25) is 5.91 Å². The summed E-state index contributed by atoms with van der Waals surface area (Å²) < 4.78 is 0. The summed E-state index contributed by atoms with van der Waals surface area (Å²) in [6.45, 7) is 0.179. The van der Waals surface area contributed by atoms with Gasteiger partial charge in [-0.2, -0.15) is 0 Å². The largest absolute Gasteiger partial charge is 0.375 e. The van der Waals surface area contributed by atoms with E-state index in [0.29, 0.717) is 5.02 Å². The Labute approximate surface area is 111 Å². The molecule has 0 spiro atoms. The maximum Gasteiger partial charge on any atom is 0.243 e. The van der Waals surface area contributed by atoms with Crippen molar-refractivity contribution in [1.82, 2.24) is 0 Å². The molecule has 1 amide bonds. The summed E-state index contributed by atoms with van der Waals surface area (Å²) in [5, 5.41) is 6.38. The first-order valence-corrected chi connectivity index (χ1v) is 5.97. The van der Waals surface area contributed by atoms with Gasteiger partial charge >= 0.3 is 0 Å². The highest BCUT2D eigenvalue weighted by Crippen LogP contribution is 2.19. The number of hydrogen-bond donors (Lipinski definition) is 2. The average molecular weight is 261 g/mol. The summed E-state index contributed by atoms with van der Waals surface area (Å²) in [4.78, 5) is 11.7. The number of rotatable bonds is 4. The second kappa shape index (κ2) is 6.07. The van der Waals surface area contributed by atoms with Crippen molar-refractivity contribution in [2.45, 2.75) is 0 Å². The molecule has 0 aliphatic carbocycles. The van der Waals surface area contributed by atoms with Crippen molar-refractivity contribution < 1.29 is 4.79 Å². The number of carbonyl (C=O) groups excluding carboxylic acids is 1. The molecule has 18 heavy (non-hydrogen) atoms. The van der Waals surface area contributed by atoms with Crippen LogP contribution in [0.1, 0.15) is 0 Å². The van der Waals surface area contributed by atoms with Gasteiger partial charge in [-0.1, -0.05) is 41.9 Å². The van der Waals surface area contributed by atoms with Crippen LogP contribution < -0.4 is 10.6 Å². The average Bonchev–Trinajstić information content (AvgIpc) is 2.39. The number of amides is 1. The first-order chi connectivity index (χ1) is 8.75. The molecule has 0 heterocycles. The SMILES string of the molecule is O=C(CNc1ccccc1Cl)Nc1ccccc1. The number of para-hydroxylation sites is 2. The lowest BCUT2D eigenvalue weighted by Gasteiger charge is -2.08. The minimum absolute atomic E-state index is 0.110. The highest BCUT2D eigenvalue weighted by atomic mass is 35.5. The fourth-order valence-electron chi connectivity index (χ4n) is 1.51. The molecule has 0 bridgehead atoms. The zero-order chi connectivity index (χ0) is 12.8. The first kappa shape index (κ1) is 12.5. The van der Waals surface area contributed by atoms with Crippen LogP contribution in [0, 0.1) is 0 Å². The molecule has 4 heteroatoms. The fraction of sp³-hybridized carbons (Fsp3) is 0.0714. The highest BCUT2D eigenvalue weighted by molar-refractivity contribution is 6.33. The topological polar surface area (TPSA) is 41.1 Å².